The molecule has 166 valence electrons. The number of H-pyrrole nitrogens is 3. The van der Waals surface area contributed by atoms with E-state index in [9.17, 15) is 14.4 Å². The van der Waals surface area contributed by atoms with E-state index in [1.807, 2.05) is 24.3 Å². The zero-order valence-electron chi connectivity index (χ0n) is 17.4. The molecule has 0 aliphatic carbocycles. The van der Waals surface area contributed by atoms with Gasteiger partial charge < -0.3 is 19.7 Å². The van der Waals surface area contributed by atoms with E-state index >= 15 is 0 Å². The van der Waals surface area contributed by atoms with E-state index in [0.717, 1.165) is 10.9 Å². The SMILES string of the molecule is CCOC(=O)CCCCC(=O)c1[nH]c(=O)[nH]c1CSc1nnc2c(n1)[nH]c1ccccc12. The summed E-state index contributed by atoms with van der Waals surface area (Å²) in [4.78, 5) is 48.7. The van der Waals surface area contributed by atoms with Crippen molar-refractivity contribution >= 4 is 45.6 Å². The number of thioether (sulfide) groups is 1. The Bertz CT molecular complexity index is 1320. The summed E-state index contributed by atoms with van der Waals surface area (Å²) >= 11 is 1.27. The Morgan fingerprint density at radius 3 is 2.72 bits per heavy atom. The lowest BCUT2D eigenvalue weighted by molar-refractivity contribution is -0.143. The molecule has 32 heavy (non-hydrogen) atoms. The smallest absolute Gasteiger partial charge is 0.323 e. The minimum atomic E-state index is -0.444. The fraction of sp³-hybridized carbons (Fsp3) is 0.333. The number of fused-ring (bicyclic) bond motifs is 3. The summed E-state index contributed by atoms with van der Waals surface area (Å²) in [6, 6.07) is 7.75. The number of ketones is 1. The molecule has 3 heterocycles. The van der Waals surface area contributed by atoms with Gasteiger partial charge in [-0.05, 0) is 25.8 Å². The molecule has 4 aromatic rings. The summed E-state index contributed by atoms with van der Waals surface area (Å²) in [6.07, 6.45) is 1.58. The van der Waals surface area contributed by atoms with Gasteiger partial charge in [-0.25, -0.2) is 9.78 Å². The number of carbonyl (C=O) groups is 2. The molecule has 0 saturated heterocycles. The third kappa shape index (κ3) is 4.88. The molecule has 0 radical (unpaired) electrons. The van der Waals surface area contributed by atoms with Crippen molar-refractivity contribution in [3.05, 3.63) is 46.1 Å². The number of carbonyl (C=O) groups excluding carboxylic acids is 2. The van der Waals surface area contributed by atoms with E-state index in [2.05, 4.69) is 30.1 Å². The molecule has 0 saturated carbocycles. The molecule has 0 bridgehead atoms. The van der Waals surface area contributed by atoms with Crippen molar-refractivity contribution < 1.29 is 14.3 Å². The van der Waals surface area contributed by atoms with Crippen LogP contribution in [-0.2, 0) is 15.3 Å². The highest BCUT2D eigenvalue weighted by molar-refractivity contribution is 7.98. The zero-order valence-corrected chi connectivity index (χ0v) is 18.3. The molecule has 3 aromatic heterocycles. The van der Waals surface area contributed by atoms with Crippen molar-refractivity contribution in [1.82, 2.24) is 30.1 Å². The Balaban J connectivity index is 1.39. The Kier molecular flexibility index (Phi) is 6.64. The third-order valence-corrected chi connectivity index (χ3v) is 5.74. The number of ether oxygens (including phenoxy) is 1. The average molecular weight is 455 g/mol. The molecule has 0 fully saturated rings. The lowest BCUT2D eigenvalue weighted by Gasteiger charge is -2.03. The van der Waals surface area contributed by atoms with Crippen LogP contribution < -0.4 is 5.69 Å². The Hall–Kier alpha value is -3.47. The number of nitrogens with one attached hydrogen (secondary N) is 3. The molecule has 0 unspecified atom stereocenters. The molecule has 0 spiro atoms. The fourth-order valence-corrected chi connectivity index (χ4v) is 4.13. The van der Waals surface area contributed by atoms with Crippen LogP contribution in [0.4, 0.5) is 0 Å². The van der Waals surface area contributed by atoms with Gasteiger partial charge in [0.05, 0.1) is 12.3 Å². The Morgan fingerprint density at radius 1 is 1.06 bits per heavy atom. The predicted octanol–water partition coefficient (Wildman–Crippen LogP) is 3.12. The highest BCUT2D eigenvalue weighted by Gasteiger charge is 2.17. The second-order valence-electron chi connectivity index (χ2n) is 7.12. The largest absolute Gasteiger partial charge is 0.466 e. The minimum absolute atomic E-state index is 0.187. The van der Waals surface area contributed by atoms with E-state index in [4.69, 9.17) is 4.74 Å². The number of hydrogen-bond donors (Lipinski definition) is 3. The standard InChI is InChI=1S/C21H22N6O4S/c1-2-31-16(29)10-6-5-9-15(28)18-14(23-20(30)24-18)11-32-21-25-19-17(26-27-21)12-7-3-4-8-13(12)22-19/h3-4,7-8H,2,5-6,9-11H2,1H3,(H,22,25,27)(H2,23,24,30). The quantitative estimate of drug-likeness (QED) is 0.143. The molecule has 0 aliphatic heterocycles. The molecular formula is C21H22N6O4S. The van der Waals surface area contributed by atoms with Gasteiger partial charge in [-0.2, -0.15) is 0 Å². The van der Waals surface area contributed by atoms with E-state index in [1.165, 1.54) is 11.8 Å². The van der Waals surface area contributed by atoms with Gasteiger partial charge in [-0.15, -0.1) is 10.2 Å². The summed E-state index contributed by atoms with van der Waals surface area (Å²) in [5.74, 6) is -0.156. The molecule has 3 N–H and O–H groups in total. The van der Waals surface area contributed by atoms with Crippen molar-refractivity contribution in [1.29, 1.82) is 0 Å². The maximum Gasteiger partial charge on any atom is 0.323 e. The van der Waals surface area contributed by atoms with E-state index in [1.54, 1.807) is 6.92 Å². The molecule has 10 nitrogen and oxygen atoms in total. The van der Waals surface area contributed by atoms with Gasteiger partial charge in [-0.3, -0.25) is 9.59 Å². The Morgan fingerprint density at radius 2 is 1.88 bits per heavy atom. The van der Waals surface area contributed by atoms with Crippen LogP contribution in [0.3, 0.4) is 0 Å². The maximum atomic E-state index is 12.6. The van der Waals surface area contributed by atoms with Crippen molar-refractivity contribution in [3.63, 3.8) is 0 Å². The van der Waals surface area contributed by atoms with E-state index in [0.29, 0.717) is 47.2 Å². The van der Waals surface area contributed by atoms with Crippen molar-refractivity contribution in [2.24, 2.45) is 0 Å². The zero-order chi connectivity index (χ0) is 22.5. The first-order valence-electron chi connectivity index (χ1n) is 10.3. The fourth-order valence-electron chi connectivity index (χ4n) is 3.38. The van der Waals surface area contributed by atoms with Gasteiger partial charge in [-0.1, -0.05) is 30.0 Å². The van der Waals surface area contributed by atoms with Crippen LogP contribution in [-0.4, -0.2) is 48.5 Å². The number of unbranched alkanes of at least 4 members (excludes halogenated alkanes) is 1. The first-order chi connectivity index (χ1) is 15.5. The normalized spacial score (nSPS) is 11.3. The van der Waals surface area contributed by atoms with Gasteiger partial charge in [0.1, 0.15) is 11.2 Å². The minimum Gasteiger partial charge on any atom is -0.466 e. The van der Waals surface area contributed by atoms with Crippen LogP contribution in [0.5, 0.6) is 0 Å². The number of para-hydroxylation sites is 1. The van der Waals surface area contributed by atoms with E-state index < -0.39 is 5.69 Å². The van der Waals surface area contributed by atoms with Crippen LogP contribution in [0.1, 0.15) is 48.8 Å². The van der Waals surface area contributed by atoms with Gasteiger partial charge >= 0.3 is 11.7 Å². The number of Topliss-reactive ketones (excluding diaryl/α,β-unsaturated/α-hetero) is 1. The van der Waals surface area contributed by atoms with Gasteiger partial charge in [0.15, 0.2) is 11.4 Å². The summed E-state index contributed by atoms with van der Waals surface area (Å²) in [7, 11) is 0. The summed E-state index contributed by atoms with van der Waals surface area (Å²) in [6.45, 7) is 2.10. The molecule has 1 aromatic carbocycles. The number of esters is 1. The highest BCUT2D eigenvalue weighted by Crippen LogP contribution is 2.25. The third-order valence-electron chi connectivity index (χ3n) is 4.87. The van der Waals surface area contributed by atoms with Gasteiger partial charge in [0.25, 0.3) is 0 Å². The Labute approximate surface area is 186 Å². The van der Waals surface area contributed by atoms with Gasteiger partial charge in [0, 0.05) is 29.5 Å². The first-order valence-corrected chi connectivity index (χ1v) is 11.3. The number of benzene rings is 1. The number of hydrogen-bond acceptors (Lipinski definition) is 8. The number of aromatic amines is 3. The topological polar surface area (TPSA) is 146 Å². The van der Waals surface area contributed by atoms with Gasteiger partial charge in [0.2, 0.25) is 5.16 Å². The molecule has 0 atom stereocenters. The molecule has 0 amide bonds. The number of aromatic nitrogens is 6. The summed E-state index contributed by atoms with van der Waals surface area (Å²) in [5, 5.41) is 9.82. The summed E-state index contributed by atoms with van der Waals surface area (Å²) in [5.41, 5.74) is 2.54. The monoisotopic (exact) mass is 454 g/mol. The predicted molar refractivity (Wildman–Crippen MR) is 120 cm³/mol. The highest BCUT2D eigenvalue weighted by atomic mass is 32.2. The van der Waals surface area contributed by atoms with Crippen molar-refractivity contribution in [3.8, 4) is 0 Å². The van der Waals surface area contributed by atoms with Crippen LogP contribution in [0.25, 0.3) is 22.1 Å². The van der Waals surface area contributed by atoms with Crippen LogP contribution in [0.15, 0.2) is 34.2 Å². The average Bonchev–Trinajstić information content (AvgIpc) is 3.35. The van der Waals surface area contributed by atoms with E-state index in [-0.39, 0.29) is 30.3 Å². The van der Waals surface area contributed by atoms with Crippen molar-refractivity contribution in [2.45, 2.75) is 43.5 Å². The van der Waals surface area contributed by atoms with Crippen LogP contribution in [0.2, 0.25) is 0 Å². The van der Waals surface area contributed by atoms with Crippen LogP contribution >= 0.6 is 11.8 Å². The maximum absolute atomic E-state index is 12.6. The lowest BCUT2D eigenvalue weighted by Crippen LogP contribution is -2.07. The first kappa shape index (κ1) is 21.8. The second-order valence-corrected chi connectivity index (χ2v) is 8.06. The molecule has 4 rings (SSSR count). The molecule has 0 aliphatic rings. The second kappa shape index (κ2) is 9.77. The molecular weight excluding hydrogens is 432 g/mol. The summed E-state index contributed by atoms with van der Waals surface area (Å²) < 4.78 is 4.88. The molecule has 11 heteroatoms. The van der Waals surface area contributed by atoms with Crippen LogP contribution in [0, 0.1) is 0 Å². The number of rotatable bonds is 10. The number of imidazole rings is 1. The number of nitrogens with zero attached hydrogens (tertiary/aromatic N) is 3. The lowest BCUT2D eigenvalue weighted by atomic mass is 10.1. The van der Waals surface area contributed by atoms with Crippen molar-refractivity contribution in [2.75, 3.05) is 6.61 Å².